The lowest BCUT2D eigenvalue weighted by Crippen LogP contribution is -2.52. The summed E-state index contributed by atoms with van der Waals surface area (Å²) in [6, 6.07) is -2.88. The van der Waals surface area contributed by atoms with Crippen molar-refractivity contribution in [3.63, 3.8) is 0 Å². The van der Waals surface area contributed by atoms with E-state index in [-0.39, 0.29) is 88.4 Å². The van der Waals surface area contributed by atoms with E-state index in [0.29, 0.717) is 23.3 Å². The SMILES string of the molecule is CCC(=O)[C@H](CSC)NC(=O)CCC(=O)[C@H](CC(C)C)NC(=O)[C@@H]1CCCN1C(=O)COCCCC(=O)[C@H](Cc1ccc(C(C)=O)cc1)NC(=O)[C@@H](CCC(=O)O)CC(=O)[C@@H](CCC(=O)O)NC(=O)[C@@H](CCC(=O)O)CC(=O)[C@@H](CCC(=O)O)NC(=O)[C@H](N)CCC(=O)O. The number of thioether (sulfide) groups is 1. The van der Waals surface area contributed by atoms with Crippen LogP contribution >= 0.6 is 11.8 Å². The predicted molar refractivity (Wildman–Crippen MR) is 336 cm³/mol. The van der Waals surface area contributed by atoms with Crippen LogP contribution in [0.4, 0.5) is 0 Å². The fourth-order valence-corrected chi connectivity index (χ4v) is 10.8. The van der Waals surface area contributed by atoms with Crippen LogP contribution in [0.5, 0.6) is 0 Å². The zero-order valence-electron chi connectivity index (χ0n) is 53.8. The topological polar surface area (TPSA) is 490 Å². The van der Waals surface area contributed by atoms with Crippen molar-refractivity contribution in [3.05, 3.63) is 35.4 Å². The van der Waals surface area contributed by atoms with Crippen LogP contribution in [0.2, 0.25) is 0 Å². The normalized spacial score (nSPS) is 15.3. The average Bonchev–Trinajstić information content (AvgIpc) is 1.58. The van der Waals surface area contributed by atoms with Gasteiger partial charge < -0.3 is 67.5 Å². The Labute approximate surface area is 548 Å². The number of nitrogens with two attached hydrogens (primary N) is 1. The number of likely N-dealkylation sites (tertiary alicyclic amines) is 1. The minimum atomic E-state index is -1.78. The molecule has 94 heavy (non-hydrogen) atoms. The van der Waals surface area contributed by atoms with Crippen molar-refractivity contribution in [1.29, 1.82) is 0 Å². The molecule has 2 rings (SSSR count). The van der Waals surface area contributed by atoms with Crippen LogP contribution < -0.4 is 32.3 Å². The first kappa shape index (κ1) is 81.8. The van der Waals surface area contributed by atoms with Crippen molar-refractivity contribution in [3.8, 4) is 0 Å². The largest absolute Gasteiger partial charge is 0.481 e. The highest BCUT2D eigenvalue weighted by Gasteiger charge is 2.38. The van der Waals surface area contributed by atoms with Gasteiger partial charge in [-0.15, -0.1) is 0 Å². The highest BCUT2D eigenvalue weighted by atomic mass is 32.2. The number of hydrogen-bond acceptors (Lipinski definition) is 20. The molecule has 0 unspecified atom stereocenters. The molecule has 0 spiro atoms. The molecular weight excluding hydrogens is 1250 g/mol. The highest BCUT2D eigenvalue weighted by molar-refractivity contribution is 7.98. The summed E-state index contributed by atoms with van der Waals surface area (Å²) in [6.45, 7) is 6.22. The lowest BCUT2D eigenvalue weighted by molar-refractivity contribution is -0.142. The molecule has 6 amide bonds. The van der Waals surface area contributed by atoms with Gasteiger partial charge in [-0.05, 0) is 88.9 Å². The quantitative estimate of drug-likeness (QED) is 0.0327. The second-order valence-electron chi connectivity index (χ2n) is 23.6. The number of aliphatic carboxylic acids is 5. The standard InChI is InChI=1S/C63H91N7O23S/c1-6-48(72)46(34-94-5)65-53(77)21-20-50(74)44(29-35(2)3)69-63(92)47-9-7-27-70(47)54(78)33-93-28-8-10-49(73)45(30-37-11-13-38(14-12-37)36(4)71)68-61(90)40(16-23-56(81)82)32-51(75)42(18-25-58(85)86)66-60(89)39(15-22-55(79)80)31-52(76)43(19-26-59(87)88)67-62(91)41(64)17-24-57(83)84/h11-14,35,39-47H,6-10,15-34,64H2,1-5H3,(H,65,77)(H,66,89)(H,67,91)(H,68,90)(H,69,92)(H,79,80)(H,81,82)(H,83,84)(H,85,86)(H,87,88)/t39-,40-,41+,42+,43+,44-,45-,46-,47-/m0/s1. The van der Waals surface area contributed by atoms with E-state index >= 15 is 0 Å². The smallest absolute Gasteiger partial charge is 0.303 e. The van der Waals surface area contributed by atoms with Gasteiger partial charge in [0, 0.05) is 107 Å². The maximum absolute atomic E-state index is 14.3. The molecule has 1 saturated heterocycles. The molecule has 0 bridgehead atoms. The van der Waals surface area contributed by atoms with Gasteiger partial charge in [0.25, 0.3) is 0 Å². The zero-order chi connectivity index (χ0) is 70.8. The third-order valence-electron chi connectivity index (χ3n) is 15.5. The summed E-state index contributed by atoms with van der Waals surface area (Å²) in [4.78, 5) is 221. The van der Waals surface area contributed by atoms with Gasteiger partial charge in [-0.2, -0.15) is 11.8 Å². The van der Waals surface area contributed by atoms with Gasteiger partial charge in [-0.1, -0.05) is 45.0 Å². The Kier molecular flexibility index (Phi) is 37.2. The van der Waals surface area contributed by atoms with E-state index in [1.54, 1.807) is 13.2 Å². The van der Waals surface area contributed by atoms with Crippen LogP contribution in [0.25, 0.3) is 0 Å². The minimum absolute atomic E-state index is 0.0266. The molecule has 1 aromatic rings. The molecule has 0 saturated carbocycles. The van der Waals surface area contributed by atoms with Crippen LogP contribution in [0.1, 0.15) is 172 Å². The van der Waals surface area contributed by atoms with Crippen molar-refractivity contribution in [1.82, 2.24) is 31.5 Å². The third kappa shape index (κ3) is 31.5. The number of ether oxygens (including phenoxy) is 1. The Balaban J connectivity index is 2.33. The molecule has 1 aromatic carbocycles. The van der Waals surface area contributed by atoms with Gasteiger partial charge in [-0.3, -0.25) is 81.5 Å². The molecule has 0 radical (unpaired) electrons. The summed E-state index contributed by atoms with van der Waals surface area (Å²) >= 11 is 1.39. The Bertz CT molecular complexity index is 2870. The van der Waals surface area contributed by atoms with Gasteiger partial charge in [0.2, 0.25) is 35.4 Å². The molecular formula is C63H91N7O23S. The first-order chi connectivity index (χ1) is 44.3. The maximum atomic E-state index is 14.3. The van der Waals surface area contributed by atoms with Gasteiger partial charge in [0.1, 0.15) is 12.6 Å². The molecule has 0 aliphatic carbocycles. The number of nitrogens with zero attached hydrogens (tertiary/aromatic N) is 1. The molecule has 0 aromatic heterocycles. The van der Waals surface area contributed by atoms with E-state index in [9.17, 15) is 102 Å². The molecule has 1 heterocycles. The second-order valence-corrected chi connectivity index (χ2v) is 24.5. The van der Waals surface area contributed by atoms with Crippen molar-refractivity contribution in [2.24, 2.45) is 23.5 Å². The highest BCUT2D eigenvalue weighted by Crippen LogP contribution is 2.23. The van der Waals surface area contributed by atoms with Gasteiger partial charge in [-0.25, -0.2) is 0 Å². The second kappa shape index (κ2) is 42.8. The number of nitrogens with one attached hydrogen (secondary N) is 5. The Morgan fingerprint density at radius 1 is 0.574 bits per heavy atom. The van der Waals surface area contributed by atoms with Crippen molar-refractivity contribution in [2.75, 3.05) is 31.8 Å². The maximum Gasteiger partial charge on any atom is 0.303 e. The van der Waals surface area contributed by atoms with E-state index in [1.807, 2.05) is 13.8 Å². The number of hydrogen-bond donors (Lipinski definition) is 11. The summed E-state index contributed by atoms with van der Waals surface area (Å²) in [5.41, 5.74) is 6.55. The van der Waals surface area contributed by atoms with Crippen LogP contribution in [-0.2, 0) is 87.9 Å². The summed E-state index contributed by atoms with van der Waals surface area (Å²) < 4.78 is 5.67. The van der Waals surface area contributed by atoms with E-state index in [1.165, 1.54) is 47.9 Å². The van der Waals surface area contributed by atoms with E-state index in [0.717, 1.165) is 0 Å². The number of benzene rings is 1. The van der Waals surface area contributed by atoms with Gasteiger partial charge >= 0.3 is 29.8 Å². The van der Waals surface area contributed by atoms with Crippen LogP contribution in [-0.4, -0.2) is 204 Å². The summed E-state index contributed by atoms with van der Waals surface area (Å²) in [7, 11) is 0. The van der Waals surface area contributed by atoms with Gasteiger partial charge in [0.15, 0.2) is 34.7 Å². The number of rotatable bonds is 50. The fraction of sp³-hybridized carbons (Fsp3) is 0.635. The predicted octanol–water partition coefficient (Wildman–Crippen LogP) is 1.75. The third-order valence-corrected chi connectivity index (χ3v) is 16.2. The molecule has 1 aliphatic rings. The molecule has 12 N–H and O–H groups in total. The number of ketones is 6. The van der Waals surface area contributed by atoms with E-state index < -0.39 is 220 Å². The molecule has 1 fully saturated rings. The number of carbonyl (C=O) groups is 17. The average molecular weight is 1350 g/mol. The van der Waals surface area contributed by atoms with Crippen molar-refractivity contribution in [2.45, 2.75) is 205 Å². The van der Waals surface area contributed by atoms with E-state index in [4.69, 9.17) is 15.6 Å². The van der Waals surface area contributed by atoms with Crippen LogP contribution in [0, 0.1) is 17.8 Å². The Morgan fingerprint density at radius 2 is 1.06 bits per heavy atom. The molecule has 31 heteroatoms. The van der Waals surface area contributed by atoms with Crippen molar-refractivity contribution >= 4 is 112 Å². The first-order valence-corrected chi connectivity index (χ1v) is 32.6. The summed E-state index contributed by atoms with van der Waals surface area (Å²) in [6.07, 6.45) is -5.88. The first-order valence-electron chi connectivity index (χ1n) is 31.2. The number of amides is 6. The van der Waals surface area contributed by atoms with Crippen LogP contribution in [0.3, 0.4) is 0 Å². The number of Topliss-reactive ketones (excluding diaryl/α,β-unsaturated/α-hetero) is 6. The lowest BCUT2D eigenvalue weighted by Gasteiger charge is -2.27. The van der Waals surface area contributed by atoms with Crippen LogP contribution in [0.15, 0.2) is 24.3 Å². The lowest BCUT2D eigenvalue weighted by atomic mass is 9.89. The summed E-state index contributed by atoms with van der Waals surface area (Å²) in [5, 5.41) is 59.8. The van der Waals surface area contributed by atoms with E-state index in [2.05, 4.69) is 26.6 Å². The molecule has 9 atom stereocenters. The Hall–Kier alpha value is -8.32. The molecule has 30 nitrogen and oxygen atoms in total. The van der Waals surface area contributed by atoms with Gasteiger partial charge in [0.05, 0.1) is 36.3 Å². The fourth-order valence-electron chi connectivity index (χ4n) is 10.2. The number of carbonyl (C=O) groups excluding carboxylic acids is 12. The zero-order valence-corrected chi connectivity index (χ0v) is 54.6. The minimum Gasteiger partial charge on any atom is -0.481 e. The molecule has 522 valence electrons. The number of carboxylic acid groups (broad SMARTS) is 5. The molecule has 1 aliphatic heterocycles. The monoisotopic (exact) mass is 1350 g/mol. The number of carboxylic acids is 5. The Morgan fingerprint density at radius 3 is 1.55 bits per heavy atom. The summed E-state index contributed by atoms with van der Waals surface area (Å²) in [5.74, 6) is -18.2. The van der Waals surface area contributed by atoms with Crippen molar-refractivity contribution < 1.29 is 112 Å².